The molecule has 6 heteroatoms. The number of hydrogen-bond donors (Lipinski definition) is 1. The number of nitrogens with zero attached hydrogens (tertiary/aromatic N) is 2. The summed E-state index contributed by atoms with van der Waals surface area (Å²) in [6.45, 7) is 9.06. The van der Waals surface area contributed by atoms with Crippen LogP contribution in [0.2, 0.25) is 0 Å². The highest BCUT2D eigenvalue weighted by Crippen LogP contribution is 2.21. The molecule has 1 fully saturated rings. The highest BCUT2D eigenvalue weighted by Gasteiger charge is 2.24. The second kappa shape index (κ2) is 9.46. The Hall–Kier alpha value is -2.31. The summed E-state index contributed by atoms with van der Waals surface area (Å²) >= 11 is 1.64. The molecule has 0 spiro atoms. The third kappa shape index (κ3) is 5.19. The predicted octanol–water partition coefficient (Wildman–Crippen LogP) is 3.73. The van der Waals surface area contributed by atoms with Crippen LogP contribution in [-0.4, -0.2) is 60.6 Å². The molecule has 0 bridgehead atoms. The zero-order chi connectivity index (χ0) is 21.0. The summed E-state index contributed by atoms with van der Waals surface area (Å²) in [5, 5.41) is 3.01. The summed E-state index contributed by atoms with van der Waals surface area (Å²) in [6, 6.07) is 12.0. The maximum atomic E-state index is 12.9. The lowest BCUT2D eigenvalue weighted by molar-refractivity contribution is -0.117. The summed E-state index contributed by atoms with van der Waals surface area (Å²) in [5.74, 6) is 0.0693. The zero-order valence-corrected chi connectivity index (χ0v) is 18.4. The van der Waals surface area contributed by atoms with Gasteiger partial charge in [-0.2, -0.15) is 0 Å². The minimum absolute atomic E-state index is 0.0120. The largest absolute Gasteiger partial charge is 0.336 e. The molecule has 1 aliphatic rings. The molecule has 0 aliphatic carbocycles. The first kappa shape index (κ1) is 21.4. The number of thioether (sulfide) groups is 1. The van der Waals surface area contributed by atoms with E-state index < -0.39 is 0 Å². The minimum atomic E-state index is -0.0120. The number of nitrogens with one attached hydrogen (secondary N) is 1. The summed E-state index contributed by atoms with van der Waals surface area (Å²) in [7, 11) is 0. The number of aryl methyl sites for hydroxylation is 2. The molecule has 1 heterocycles. The van der Waals surface area contributed by atoms with E-state index in [1.807, 2.05) is 68.3 Å². The Morgan fingerprint density at radius 3 is 2.41 bits per heavy atom. The molecule has 1 N–H and O–H groups in total. The average Bonchev–Trinajstić information content (AvgIpc) is 2.72. The van der Waals surface area contributed by atoms with Crippen LogP contribution < -0.4 is 5.32 Å². The number of carbonyl (C=O) groups is 2. The molecule has 29 heavy (non-hydrogen) atoms. The van der Waals surface area contributed by atoms with Gasteiger partial charge in [0.05, 0.1) is 6.54 Å². The Morgan fingerprint density at radius 2 is 1.72 bits per heavy atom. The van der Waals surface area contributed by atoms with Crippen LogP contribution in [0.3, 0.4) is 0 Å². The maximum absolute atomic E-state index is 12.9. The van der Waals surface area contributed by atoms with Crippen molar-refractivity contribution >= 4 is 29.3 Å². The van der Waals surface area contributed by atoms with E-state index >= 15 is 0 Å². The molecule has 1 saturated heterocycles. The van der Waals surface area contributed by atoms with Crippen molar-refractivity contribution in [2.45, 2.75) is 25.7 Å². The lowest BCUT2D eigenvalue weighted by Gasteiger charge is -2.34. The SMILES string of the molecule is CSc1ccc(C)c(C(=O)N2CCN(CC(=O)Nc3cccc(C)c3C)CC2)c1. The van der Waals surface area contributed by atoms with Gasteiger partial charge in [0.15, 0.2) is 0 Å². The molecule has 3 rings (SSSR count). The Balaban J connectivity index is 1.54. The fourth-order valence-corrected chi connectivity index (χ4v) is 3.96. The topological polar surface area (TPSA) is 52.7 Å². The van der Waals surface area contributed by atoms with Crippen molar-refractivity contribution in [3.63, 3.8) is 0 Å². The van der Waals surface area contributed by atoms with Gasteiger partial charge < -0.3 is 10.2 Å². The lowest BCUT2D eigenvalue weighted by Crippen LogP contribution is -2.50. The number of anilines is 1. The summed E-state index contributed by atoms with van der Waals surface area (Å²) in [5.41, 5.74) is 4.91. The van der Waals surface area contributed by atoms with Crippen LogP contribution in [0.1, 0.15) is 27.0 Å². The second-order valence-corrected chi connectivity index (χ2v) is 8.42. The Bertz CT molecular complexity index is 905. The quantitative estimate of drug-likeness (QED) is 0.762. The fourth-order valence-electron chi connectivity index (χ4n) is 3.52. The highest BCUT2D eigenvalue weighted by atomic mass is 32.2. The van der Waals surface area contributed by atoms with Gasteiger partial charge in [-0.25, -0.2) is 0 Å². The van der Waals surface area contributed by atoms with Crippen LogP contribution in [0.15, 0.2) is 41.3 Å². The summed E-state index contributed by atoms with van der Waals surface area (Å²) < 4.78 is 0. The van der Waals surface area contributed by atoms with Crippen molar-refractivity contribution in [1.82, 2.24) is 9.80 Å². The van der Waals surface area contributed by atoms with Gasteiger partial charge in [0.2, 0.25) is 5.91 Å². The number of benzene rings is 2. The molecule has 2 aromatic carbocycles. The van der Waals surface area contributed by atoms with E-state index in [0.717, 1.165) is 32.8 Å². The van der Waals surface area contributed by atoms with E-state index in [-0.39, 0.29) is 11.8 Å². The second-order valence-electron chi connectivity index (χ2n) is 7.54. The molecule has 0 atom stereocenters. The van der Waals surface area contributed by atoms with E-state index in [4.69, 9.17) is 0 Å². The van der Waals surface area contributed by atoms with Gasteiger partial charge in [-0.05, 0) is 61.9 Å². The van der Waals surface area contributed by atoms with Crippen LogP contribution in [0.25, 0.3) is 0 Å². The fraction of sp³-hybridized carbons (Fsp3) is 0.391. The van der Waals surface area contributed by atoms with Crippen LogP contribution in [0.4, 0.5) is 5.69 Å². The Kier molecular flexibility index (Phi) is 6.98. The molecule has 154 valence electrons. The van der Waals surface area contributed by atoms with Crippen LogP contribution >= 0.6 is 11.8 Å². The number of carbonyl (C=O) groups excluding carboxylic acids is 2. The van der Waals surface area contributed by atoms with Gasteiger partial charge in [0, 0.05) is 42.3 Å². The van der Waals surface area contributed by atoms with Gasteiger partial charge in [-0.1, -0.05) is 18.2 Å². The van der Waals surface area contributed by atoms with E-state index in [1.54, 1.807) is 11.8 Å². The van der Waals surface area contributed by atoms with Crippen molar-refractivity contribution in [3.05, 3.63) is 58.7 Å². The van der Waals surface area contributed by atoms with E-state index in [1.165, 1.54) is 0 Å². The molecule has 2 amide bonds. The lowest BCUT2D eigenvalue weighted by atomic mass is 10.1. The Morgan fingerprint density at radius 1 is 1.00 bits per heavy atom. The van der Waals surface area contributed by atoms with Crippen molar-refractivity contribution in [2.24, 2.45) is 0 Å². The number of amides is 2. The van der Waals surface area contributed by atoms with E-state index in [9.17, 15) is 9.59 Å². The molecule has 0 aromatic heterocycles. The molecule has 0 radical (unpaired) electrons. The molecular weight excluding hydrogens is 382 g/mol. The third-order valence-electron chi connectivity index (χ3n) is 5.58. The van der Waals surface area contributed by atoms with Gasteiger partial charge in [0.1, 0.15) is 0 Å². The molecule has 5 nitrogen and oxygen atoms in total. The third-order valence-corrected chi connectivity index (χ3v) is 6.31. The van der Waals surface area contributed by atoms with Crippen molar-refractivity contribution in [2.75, 3.05) is 44.3 Å². The molecule has 2 aromatic rings. The molecule has 1 aliphatic heterocycles. The first-order valence-electron chi connectivity index (χ1n) is 9.91. The van der Waals surface area contributed by atoms with Gasteiger partial charge in [-0.15, -0.1) is 11.8 Å². The van der Waals surface area contributed by atoms with Crippen LogP contribution in [0, 0.1) is 20.8 Å². The van der Waals surface area contributed by atoms with E-state index in [0.29, 0.717) is 32.7 Å². The smallest absolute Gasteiger partial charge is 0.254 e. The van der Waals surface area contributed by atoms with Crippen molar-refractivity contribution < 1.29 is 9.59 Å². The normalized spacial score (nSPS) is 14.7. The highest BCUT2D eigenvalue weighted by molar-refractivity contribution is 7.98. The maximum Gasteiger partial charge on any atom is 0.254 e. The number of piperazine rings is 1. The number of rotatable bonds is 5. The van der Waals surface area contributed by atoms with Gasteiger partial charge in [-0.3, -0.25) is 14.5 Å². The van der Waals surface area contributed by atoms with Gasteiger partial charge >= 0.3 is 0 Å². The van der Waals surface area contributed by atoms with Crippen molar-refractivity contribution in [1.29, 1.82) is 0 Å². The van der Waals surface area contributed by atoms with Crippen LogP contribution in [-0.2, 0) is 4.79 Å². The van der Waals surface area contributed by atoms with Crippen LogP contribution in [0.5, 0.6) is 0 Å². The minimum Gasteiger partial charge on any atom is -0.336 e. The summed E-state index contributed by atoms with van der Waals surface area (Å²) in [4.78, 5) is 30.5. The van der Waals surface area contributed by atoms with Gasteiger partial charge in [0.25, 0.3) is 5.91 Å². The average molecular weight is 412 g/mol. The molecular formula is C23H29N3O2S. The standard InChI is InChI=1S/C23H29N3O2S/c1-16-6-5-7-21(18(16)3)24-22(27)15-25-10-12-26(13-11-25)23(28)20-14-19(29-4)9-8-17(20)2/h5-9,14H,10-13,15H2,1-4H3,(H,24,27). The van der Waals surface area contributed by atoms with Crippen molar-refractivity contribution in [3.8, 4) is 0 Å². The zero-order valence-electron chi connectivity index (χ0n) is 17.6. The summed E-state index contributed by atoms with van der Waals surface area (Å²) in [6.07, 6.45) is 2.01. The Labute approximate surface area is 177 Å². The molecule has 0 saturated carbocycles. The monoisotopic (exact) mass is 411 g/mol. The number of hydrogen-bond acceptors (Lipinski definition) is 4. The predicted molar refractivity (Wildman–Crippen MR) is 120 cm³/mol. The first-order valence-corrected chi connectivity index (χ1v) is 11.1. The van der Waals surface area contributed by atoms with E-state index in [2.05, 4.69) is 10.2 Å². The first-order chi connectivity index (χ1) is 13.9. The molecule has 0 unspecified atom stereocenters.